The first-order chi connectivity index (χ1) is 20.1. The fraction of sp³-hybridized carbons (Fsp3) is 0.581. The molecule has 5 atom stereocenters. The van der Waals surface area contributed by atoms with Gasteiger partial charge in [-0.05, 0) is 74.0 Å². The van der Waals surface area contributed by atoms with Gasteiger partial charge in [0.2, 0.25) is 17.6 Å². The van der Waals surface area contributed by atoms with Crippen molar-refractivity contribution in [2.24, 2.45) is 23.2 Å². The largest absolute Gasteiger partial charge is 0.496 e. The van der Waals surface area contributed by atoms with Crippen molar-refractivity contribution in [2.75, 3.05) is 20.2 Å². The number of aromatic nitrogens is 1. The first-order valence-corrected chi connectivity index (χ1v) is 15.0. The molecular formula is C31H39N5O6. The van der Waals surface area contributed by atoms with Crippen molar-refractivity contribution < 1.29 is 28.7 Å². The fourth-order valence-corrected chi connectivity index (χ4v) is 7.02. The van der Waals surface area contributed by atoms with Crippen molar-refractivity contribution in [3.05, 3.63) is 30.0 Å². The second kappa shape index (κ2) is 10.7. The molecule has 0 unspecified atom stereocenters. The molecule has 4 amide bonds. The van der Waals surface area contributed by atoms with E-state index in [0.717, 1.165) is 30.2 Å². The normalized spacial score (nSPS) is 26.6. The van der Waals surface area contributed by atoms with Crippen LogP contribution in [0.15, 0.2) is 24.3 Å². The number of aromatic amines is 1. The van der Waals surface area contributed by atoms with E-state index in [1.807, 2.05) is 18.2 Å². The molecule has 11 heteroatoms. The molecule has 4 aliphatic rings. The standard InChI is InChI=1S/C31H39N5O6/c1-31(2)19-15-36(30(41)22-14-18-20(34-22)7-4-8-23(18)42-3)25(24(19)31)28(39)35-21(26(37)29(40)33-17-10-11-17)12-9-16-6-5-13-32-27(16)38/h4,7-8,14,16-17,19,21,24-25,34H,5-6,9-13,15H2,1-3H3,(H,32,38)(H,33,40)(H,35,39)/t16-,19-,21-,24-,25-/m0/s1. The van der Waals surface area contributed by atoms with Crippen LogP contribution in [0, 0.1) is 23.2 Å². The molecule has 2 saturated heterocycles. The SMILES string of the molecule is COc1cccc2[nH]c(C(=O)N3C[C@H]4[C@@H]([C@H]3C(=O)N[C@@H](CC[C@@H]3CCCNC3=O)C(=O)C(=O)NC3CC3)C4(C)C)cc12. The number of piperidine rings is 2. The highest BCUT2D eigenvalue weighted by Crippen LogP contribution is 2.65. The van der Waals surface area contributed by atoms with E-state index in [9.17, 15) is 24.0 Å². The topological polar surface area (TPSA) is 150 Å². The smallest absolute Gasteiger partial charge is 0.289 e. The van der Waals surface area contributed by atoms with E-state index in [-0.39, 0.29) is 47.4 Å². The summed E-state index contributed by atoms with van der Waals surface area (Å²) in [5.74, 6) is -1.79. The van der Waals surface area contributed by atoms with Crippen LogP contribution in [0.1, 0.15) is 62.9 Å². The van der Waals surface area contributed by atoms with E-state index in [1.54, 1.807) is 18.1 Å². The number of H-pyrrole nitrogens is 1. The molecule has 0 radical (unpaired) electrons. The van der Waals surface area contributed by atoms with Crippen LogP contribution in [0.5, 0.6) is 5.75 Å². The number of ketones is 1. The van der Waals surface area contributed by atoms with Crippen LogP contribution in [0.3, 0.4) is 0 Å². The summed E-state index contributed by atoms with van der Waals surface area (Å²) in [7, 11) is 1.57. The van der Waals surface area contributed by atoms with Crippen LogP contribution in [0.2, 0.25) is 0 Å². The second-order valence-electron chi connectivity index (χ2n) is 12.8. The first-order valence-electron chi connectivity index (χ1n) is 15.0. The Morgan fingerprint density at radius 3 is 2.67 bits per heavy atom. The predicted octanol–water partition coefficient (Wildman–Crippen LogP) is 1.91. The number of carbonyl (C=O) groups excluding carboxylic acids is 5. The van der Waals surface area contributed by atoms with E-state index < -0.39 is 29.7 Å². The van der Waals surface area contributed by atoms with Crippen molar-refractivity contribution in [3.8, 4) is 5.75 Å². The maximum atomic E-state index is 14.0. The lowest BCUT2D eigenvalue weighted by atomic mass is 9.90. The Morgan fingerprint density at radius 1 is 1.17 bits per heavy atom. The summed E-state index contributed by atoms with van der Waals surface area (Å²) in [4.78, 5) is 71.0. The Hall–Kier alpha value is -3.89. The van der Waals surface area contributed by atoms with Crippen LogP contribution in [-0.2, 0) is 19.2 Å². The average molecular weight is 578 g/mol. The van der Waals surface area contributed by atoms with Gasteiger partial charge in [-0.15, -0.1) is 0 Å². The number of fused-ring (bicyclic) bond motifs is 2. The van der Waals surface area contributed by atoms with Gasteiger partial charge in [0.05, 0.1) is 13.2 Å². The highest BCUT2D eigenvalue weighted by atomic mass is 16.5. The van der Waals surface area contributed by atoms with Crippen molar-refractivity contribution >= 4 is 40.3 Å². The molecule has 0 spiro atoms. The number of hydrogen-bond acceptors (Lipinski definition) is 6. The zero-order valence-corrected chi connectivity index (χ0v) is 24.3. The summed E-state index contributed by atoms with van der Waals surface area (Å²) in [6, 6.07) is 5.38. The number of amides is 4. The number of nitrogens with one attached hydrogen (secondary N) is 4. The molecule has 2 aromatic rings. The lowest BCUT2D eigenvalue weighted by Gasteiger charge is -2.31. The molecule has 224 valence electrons. The van der Waals surface area contributed by atoms with Gasteiger partial charge < -0.3 is 30.6 Å². The van der Waals surface area contributed by atoms with Gasteiger partial charge in [-0.1, -0.05) is 19.9 Å². The van der Waals surface area contributed by atoms with E-state index in [1.165, 1.54) is 0 Å². The van der Waals surface area contributed by atoms with E-state index >= 15 is 0 Å². The number of hydrogen-bond donors (Lipinski definition) is 4. The number of carbonyl (C=O) groups is 5. The summed E-state index contributed by atoms with van der Waals surface area (Å²) in [6.45, 7) is 5.23. The van der Waals surface area contributed by atoms with Gasteiger partial charge in [-0.2, -0.15) is 0 Å². The molecule has 1 aromatic carbocycles. The maximum absolute atomic E-state index is 14.0. The highest BCUT2D eigenvalue weighted by molar-refractivity contribution is 6.38. The van der Waals surface area contributed by atoms with E-state index in [4.69, 9.17) is 4.74 Å². The Balaban J connectivity index is 1.22. The highest BCUT2D eigenvalue weighted by Gasteiger charge is 2.69. The molecule has 11 nitrogen and oxygen atoms in total. The number of rotatable bonds is 10. The minimum Gasteiger partial charge on any atom is -0.496 e. The lowest BCUT2D eigenvalue weighted by molar-refractivity contribution is -0.140. The fourth-order valence-electron chi connectivity index (χ4n) is 7.02. The predicted molar refractivity (Wildman–Crippen MR) is 154 cm³/mol. The third kappa shape index (κ3) is 5.13. The summed E-state index contributed by atoms with van der Waals surface area (Å²) in [5, 5.41) is 9.21. The molecule has 2 aliphatic carbocycles. The number of nitrogens with zero attached hydrogens (tertiary/aromatic N) is 1. The first kappa shape index (κ1) is 28.2. The molecule has 3 heterocycles. The quantitative estimate of drug-likeness (QED) is 0.317. The molecule has 2 aliphatic heterocycles. The van der Waals surface area contributed by atoms with Gasteiger partial charge in [0.15, 0.2) is 0 Å². The zero-order chi connectivity index (χ0) is 29.8. The number of ether oxygens (including phenoxy) is 1. The van der Waals surface area contributed by atoms with Crippen LogP contribution < -0.4 is 20.7 Å². The summed E-state index contributed by atoms with van der Waals surface area (Å²) < 4.78 is 5.44. The molecule has 42 heavy (non-hydrogen) atoms. The van der Waals surface area contributed by atoms with Crippen molar-refractivity contribution in [1.29, 1.82) is 0 Å². The Bertz CT molecular complexity index is 1440. The van der Waals surface area contributed by atoms with Crippen LogP contribution in [0.4, 0.5) is 0 Å². The third-order valence-corrected chi connectivity index (χ3v) is 9.78. The van der Waals surface area contributed by atoms with Gasteiger partial charge in [-0.3, -0.25) is 24.0 Å². The van der Waals surface area contributed by atoms with Gasteiger partial charge >= 0.3 is 0 Å². The minimum atomic E-state index is -1.08. The summed E-state index contributed by atoms with van der Waals surface area (Å²) >= 11 is 0. The maximum Gasteiger partial charge on any atom is 0.289 e. The molecule has 4 fully saturated rings. The van der Waals surface area contributed by atoms with Gasteiger partial charge in [-0.25, -0.2) is 0 Å². The molecule has 0 bridgehead atoms. The van der Waals surface area contributed by atoms with Crippen LogP contribution in [0.25, 0.3) is 10.9 Å². The van der Waals surface area contributed by atoms with E-state index in [0.29, 0.717) is 37.4 Å². The number of benzene rings is 1. The number of Topliss-reactive ketones (excluding diaryl/α,β-unsaturated/α-hetero) is 1. The lowest BCUT2D eigenvalue weighted by Crippen LogP contribution is -2.55. The van der Waals surface area contributed by atoms with Crippen molar-refractivity contribution in [2.45, 2.75) is 70.5 Å². The van der Waals surface area contributed by atoms with Crippen molar-refractivity contribution in [3.63, 3.8) is 0 Å². The van der Waals surface area contributed by atoms with Gasteiger partial charge in [0, 0.05) is 36.0 Å². The molecule has 6 rings (SSSR count). The Morgan fingerprint density at radius 2 is 1.95 bits per heavy atom. The minimum absolute atomic E-state index is 0.00664. The second-order valence-corrected chi connectivity index (χ2v) is 12.8. The zero-order valence-electron chi connectivity index (χ0n) is 24.3. The molecule has 1 aromatic heterocycles. The van der Waals surface area contributed by atoms with Crippen LogP contribution >= 0.6 is 0 Å². The Labute approximate surface area is 244 Å². The monoisotopic (exact) mass is 577 g/mol. The number of methoxy groups -OCH3 is 1. The van der Waals surface area contributed by atoms with Gasteiger partial charge in [0.1, 0.15) is 17.5 Å². The van der Waals surface area contributed by atoms with Gasteiger partial charge in [0.25, 0.3) is 11.8 Å². The summed E-state index contributed by atoms with van der Waals surface area (Å²) in [5.41, 5.74) is 0.972. The molecule has 2 saturated carbocycles. The summed E-state index contributed by atoms with van der Waals surface area (Å²) in [6.07, 6.45) is 3.75. The van der Waals surface area contributed by atoms with E-state index in [2.05, 4.69) is 34.8 Å². The average Bonchev–Trinajstić information content (AvgIpc) is 3.72. The molecular weight excluding hydrogens is 538 g/mol. The number of likely N-dealkylation sites (tertiary alicyclic amines) is 1. The molecule has 4 N–H and O–H groups in total. The Kier molecular flexibility index (Phi) is 7.22. The van der Waals surface area contributed by atoms with Crippen LogP contribution in [-0.4, -0.2) is 77.6 Å². The third-order valence-electron chi connectivity index (χ3n) is 9.78. The van der Waals surface area contributed by atoms with Crippen molar-refractivity contribution in [1.82, 2.24) is 25.8 Å².